The summed E-state index contributed by atoms with van der Waals surface area (Å²) >= 11 is 0. The lowest BCUT2D eigenvalue weighted by Crippen LogP contribution is -2.55. The third-order valence-corrected chi connectivity index (χ3v) is 3.57. The van der Waals surface area contributed by atoms with Gasteiger partial charge < -0.3 is 15.0 Å². The van der Waals surface area contributed by atoms with Crippen molar-refractivity contribution in [2.75, 3.05) is 19.6 Å². The molecule has 0 saturated carbocycles. The number of nitrogens with zero attached hydrogens (tertiary/aromatic N) is 1. The van der Waals surface area contributed by atoms with Gasteiger partial charge >= 0.3 is 6.09 Å². The summed E-state index contributed by atoms with van der Waals surface area (Å²) < 4.78 is 5.49. The fourth-order valence-corrected chi connectivity index (χ4v) is 2.85. The Morgan fingerprint density at radius 1 is 1.33 bits per heavy atom. The van der Waals surface area contributed by atoms with Crippen molar-refractivity contribution in [2.24, 2.45) is 5.92 Å². The number of nitrogens with one attached hydrogen (secondary N) is 1. The molecule has 4 nitrogen and oxygen atoms in total. The number of amides is 1. The largest absolute Gasteiger partial charge is 0.444 e. The summed E-state index contributed by atoms with van der Waals surface area (Å²) in [6.45, 7) is 8.69. The van der Waals surface area contributed by atoms with Crippen molar-refractivity contribution in [3.63, 3.8) is 0 Å². The Balaban J connectivity index is 0.00000162. The van der Waals surface area contributed by atoms with Gasteiger partial charge in [-0.1, -0.05) is 0 Å². The van der Waals surface area contributed by atoms with Crippen LogP contribution in [0.4, 0.5) is 4.79 Å². The maximum atomic E-state index is 12.2. The molecule has 1 amide bonds. The van der Waals surface area contributed by atoms with Gasteiger partial charge in [-0.2, -0.15) is 0 Å². The number of hydrogen-bond donors (Lipinski definition) is 1. The van der Waals surface area contributed by atoms with E-state index in [2.05, 4.69) is 5.32 Å². The number of fused-ring (bicyclic) bond motifs is 1. The van der Waals surface area contributed by atoms with Gasteiger partial charge in [-0.15, -0.1) is 12.4 Å². The van der Waals surface area contributed by atoms with Crippen molar-refractivity contribution in [1.29, 1.82) is 0 Å². The second kappa shape index (κ2) is 6.11. The molecule has 1 N–H and O–H groups in total. The van der Waals surface area contributed by atoms with E-state index < -0.39 is 5.60 Å². The number of carbonyl (C=O) groups excluding carboxylic acids is 1. The molecule has 0 radical (unpaired) electrons. The van der Waals surface area contributed by atoms with Gasteiger partial charge in [0, 0.05) is 12.6 Å². The minimum Gasteiger partial charge on any atom is -0.444 e. The molecule has 0 spiro atoms. The molecule has 2 fully saturated rings. The first kappa shape index (κ1) is 15.6. The molecule has 2 saturated heterocycles. The van der Waals surface area contributed by atoms with E-state index in [0.717, 1.165) is 32.5 Å². The minimum atomic E-state index is -0.392. The van der Waals surface area contributed by atoms with Crippen molar-refractivity contribution < 1.29 is 9.53 Å². The van der Waals surface area contributed by atoms with Crippen LogP contribution in [0.5, 0.6) is 0 Å². The summed E-state index contributed by atoms with van der Waals surface area (Å²) in [5.74, 6) is 0.616. The molecule has 0 unspecified atom stereocenters. The number of likely N-dealkylation sites (tertiary alicyclic amines) is 1. The predicted molar refractivity (Wildman–Crippen MR) is 74.2 cm³/mol. The Morgan fingerprint density at radius 2 is 2.06 bits per heavy atom. The number of piperidine rings is 2. The van der Waals surface area contributed by atoms with Gasteiger partial charge in [0.1, 0.15) is 5.60 Å². The minimum absolute atomic E-state index is 0. The van der Waals surface area contributed by atoms with E-state index in [1.807, 2.05) is 25.7 Å². The zero-order chi connectivity index (χ0) is 12.5. The average Bonchev–Trinajstić information content (AvgIpc) is 2.26. The maximum absolute atomic E-state index is 12.2. The van der Waals surface area contributed by atoms with E-state index in [9.17, 15) is 4.79 Å². The molecule has 2 rings (SSSR count). The van der Waals surface area contributed by atoms with Crippen molar-refractivity contribution in [3.8, 4) is 0 Å². The van der Waals surface area contributed by atoms with Crippen LogP contribution in [-0.4, -0.2) is 42.3 Å². The lowest BCUT2D eigenvalue weighted by molar-refractivity contribution is -0.00497. The maximum Gasteiger partial charge on any atom is 0.410 e. The fourth-order valence-electron chi connectivity index (χ4n) is 2.85. The van der Waals surface area contributed by atoms with E-state index in [1.54, 1.807) is 0 Å². The Labute approximate surface area is 116 Å². The summed E-state index contributed by atoms with van der Waals surface area (Å²) in [6, 6.07) is 0.389. The van der Waals surface area contributed by atoms with E-state index in [4.69, 9.17) is 4.74 Å². The SMILES string of the molecule is CC(C)(C)OC(=O)N1CCC[C@H]2CNCC[C@H]21.Cl. The number of ether oxygens (including phenoxy) is 1. The van der Waals surface area contributed by atoms with Gasteiger partial charge in [0.2, 0.25) is 0 Å². The molecule has 2 heterocycles. The highest BCUT2D eigenvalue weighted by Crippen LogP contribution is 2.28. The zero-order valence-electron chi connectivity index (χ0n) is 11.6. The lowest BCUT2D eigenvalue weighted by Gasteiger charge is -2.44. The summed E-state index contributed by atoms with van der Waals surface area (Å²) in [5, 5.41) is 3.41. The highest BCUT2D eigenvalue weighted by atomic mass is 35.5. The normalized spacial score (nSPS) is 28.1. The lowest BCUT2D eigenvalue weighted by atomic mass is 9.85. The number of carbonyl (C=O) groups is 1. The Morgan fingerprint density at radius 3 is 2.72 bits per heavy atom. The standard InChI is InChI=1S/C13H24N2O2.ClH/c1-13(2,3)17-12(16)15-8-4-5-10-9-14-7-6-11(10)15;/h10-11,14H,4-9H2,1-3H3;1H/t10-,11+;/m0./s1. The quantitative estimate of drug-likeness (QED) is 0.739. The van der Waals surface area contributed by atoms with Gasteiger partial charge in [0.15, 0.2) is 0 Å². The average molecular weight is 277 g/mol. The number of halogens is 1. The molecule has 106 valence electrons. The van der Waals surface area contributed by atoms with E-state index in [0.29, 0.717) is 12.0 Å². The molecule has 2 aliphatic rings. The first-order valence-corrected chi connectivity index (χ1v) is 6.68. The smallest absolute Gasteiger partial charge is 0.410 e. The third-order valence-electron chi connectivity index (χ3n) is 3.57. The molecular formula is C13H25ClN2O2. The predicted octanol–water partition coefficient (Wildman–Crippen LogP) is 2.42. The second-order valence-corrected chi connectivity index (χ2v) is 6.14. The van der Waals surface area contributed by atoms with E-state index in [1.165, 1.54) is 6.42 Å². The molecule has 2 atom stereocenters. The van der Waals surface area contributed by atoms with Crippen LogP contribution < -0.4 is 5.32 Å². The molecule has 2 aliphatic heterocycles. The van der Waals surface area contributed by atoms with Crippen molar-refractivity contribution in [2.45, 2.75) is 51.7 Å². The van der Waals surface area contributed by atoms with Crippen molar-refractivity contribution in [1.82, 2.24) is 10.2 Å². The molecular weight excluding hydrogens is 252 g/mol. The second-order valence-electron chi connectivity index (χ2n) is 6.14. The molecule has 0 aromatic heterocycles. The third kappa shape index (κ3) is 3.75. The van der Waals surface area contributed by atoms with Crippen LogP contribution in [0.25, 0.3) is 0 Å². The first-order valence-electron chi connectivity index (χ1n) is 6.68. The number of rotatable bonds is 0. The molecule has 0 bridgehead atoms. The van der Waals surface area contributed by atoms with Crippen LogP contribution in [0.1, 0.15) is 40.0 Å². The summed E-state index contributed by atoms with van der Waals surface area (Å²) in [7, 11) is 0. The highest BCUT2D eigenvalue weighted by Gasteiger charge is 2.37. The van der Waals surface area contributed by atoms with E-state index >= 15 is 0 Å². The van der Waals surface area contributed by atoms with E-state index in [-0.39, 0.29) is 18.5 Å². The molecule has 5 heteroatoms. The van der Waals surface area contributed by atoms with Gasteiger partial charge in [0.05, 0.1) is 0 Å². The molecule has 0 aromatic rings. The van der Waals surface area contributed by atoms with Gasteiger partial charge in [0.25, 0.3) is 0 Å². The molecule has 0 aliphatic carbocycles. The summed E-state index contributed by atoms with van der Waals surface area (Å²) in [4.78, 5) is 14.1. The fraction of sp³-hybridized carbons (Fsp3) is 0.923. The van der Waals surface area contributed by atoms with Gasteiger partial charge in [-0.05, 0) is 59.0 Å². The molecule has 18 heavy (non-hydrogen) atoms. The first-order chi connectivity index (χ1) is 7.97. The van der Waals surface area contributed by atoms with Crippen molar-refractivity contribution >= 4 is 18.5 Å². The summed E-state index contributed by atoms with van der Waals surface area (Å²) in [6.07, 6.45) is 3.26. The van der Waals surface area contributed by atoms with Crippen LogP contribution in [0.2, 0.25) is 0 Å². The zero-order valence-corrected chi connectivity index (χ0v) is 12.4. The van der Waals surface area contributed by atoms with Crippen LogP contribution in [0.3, 0.4) is 0 Å². The van der Waals surface area contributed by atoms with Crippen LogP contribution in [0, 0.1) is 5.92 Å². The number of hydrogen-bond acceptors (Lipinski definition) is 3. The van der Waals surface area contributed by atoms with Crippen LogP contribution in [0.15, 0.2) is 0 Å². The Hall–Kier alpha value is -0.480. The van der Waals surface area contributed by atoms with Gasteiger partial charge in [-0.25, -0.2) is 4.79 Å². The Bertz CT molecular complexity index is 289. The topological polar surface area (TPSA) is 41.6 Å². The Kier molecular flexibility index (Phi) is 5.29. The molecule has 0 aromatic carbocycles. The van der Waals surface area contributed by atoms with Gasteiger partial charge in [-0.3, -0.25) is 0 Å². The van der Waals surface area contributed by atoms with Crippen LogP contribution >= 0.6 is 12.4 Å². The van der Waals surface area contributed by atoms with Crippen molar-refractivity contribution in [3.05, 3.63) is 0 Å². The highest BCUT2D eigenvalue weighted by molar-refractivity contribution is 5.85. The monoisotopic (exact) mass is 276 g/mol. The summed E-state index contributed by atoms with van der Waals surface area (Å²) in [5.41, 5.74) is -0.392. The van der Waals surface area contributed by atoms with Crippen LogP contribution in [-0.2, 0) is 4.74 Å².